The topological polar surface area (TPSA) is 65.4 Å². The Morgan fingerprint density at radius 1 is 0.588 bits per heavy atom. The van der Waals surface area contributed by atoms with Crippen LogP contribution in [0.3, 0.4) is 0 Å². The monoisotopic (exact) mass is 468 g/mol. The summed E-state index contributed by atoms with van der Waals surface area (Å²) < 4.78 is 11.1. The van der Waals surface area contributed by atoms with E-state index in [9.17, 15) is 10.2 Å². The maximum absolute atomic E-state index is 11.4. The van der Waals surface area contributed by atoms with Crippen molar-refractivity contribution in [3.63, 3.8) is 0 Å². The average Bonchev–Trinajstić information content (AvgIpc) is 2.91. The number of aliphatic hydroxyl groups is 2. The number of benzene rings is 2. The zero-order valence-corrected chi connectivity index (χ0v) is 20.2. The summed E-state index contributed by atoms with van der Waals surface area (Å²) in [6.45, 7) is 8.30. The maximum Gasteiger partial charge on any atom is 0.0830 e. The van der Waals surface area contributed by atoms with Crippen LogP contribution in [-0.2, 0) is 9.47 Å². The Bertz CT molecular complexity index is 740. The zero-order chi connectivity index (χ0) is 23.6. The van der Waals surface area contributed by atoms with Crippen LogP contribution in [-0.4, -0.2) is 85.7 Å². The summed E-state index contributed by atoms with van der Waals surface area (Å²) in [7, 11) is 0. The van der Waals surface area contributed by atoms with Crippen LogP contribution < -0.4 is 0 Å². The lowest BCUT2D eigenvalue weighted by molar-refractivity contribution is -0.00326. The van der Waals surface area contributed by atoms with Crippen LogP contribution in [0.2, 0.25) is 0 Å². The van der Waals surface area contributed by atoms with E-state index in [0.717, 1.165) is 89.7 Å². The second-order valence-electron chi connectivity index (χ2n) is 9.63. The predicted octanol–water partition coefficient (Wildman–Crippen LogP) is 3.13. The molecule has 0 aromatic heterocycles. The molecule has 0 aliphatic carbocycles. The molecule has 2 heterocycles. The lowest BCUT2D eigenvalue weighted by Gasteiger charge is -2.35. The largest absolute Gasteiger partial charge is 0.388 e. The van der Waals surface area contributed by atoms with Crippen molar-refractivity contribution >= 4 is 0 Å². The molecule has 2 aliphatic heterocycles. The molecule has 0 bridgehead atoms. The minimum absolute atomic E-state index is 0.0932. The van der Waals surface area contributed by atoms with Crippen LogP contribution in [0.15, 0.2) is 60.7 Å². The highest BCUT2D eigenvalue weighted by Crippen LogP contribution is 2.33. The Hall–Kier alpha value is -1.80. The lowest BCUT2D eigenvalue weighted by atomic mass is 9.84. The van der Waals surface area contributed by atoms with Gasteiger partial charge < -0.3 is 19.7 Å². The normalized spacial score (nSPS) is 21.6. The van der Waals surface area contributed by atoms with Gasteiger partial charge >= 0.3 is 0 Å². The van der Waals surface area contributed by atoms with E-state index in [0.29, 0.717) is 0 Å². The van der Waals surface area contributed by atoms with Crippen molar-refractivity contribution in [2.45, 2.75) is 25.0 Å². The van der Waals surface area contributed by atoms with Gasteiger partial charge in [0.25, 0.3) is 0 Å². The van der Waals surface area contributed by atoms with Crippen LogP contribution >= 0.6 is 0 Å². The summed E-state index contributed by atoms with van der Waals surface area (Å²) >= 11 is 0. The van der Waals surface area contributed by atoms with Crippen molar-refractivity contribution < 1.29 is 19.7 Å². The minimum Gasteiger partial charge on any atom is -0.388 e. The fraction of sp³-hybridized carbons (Fsp3) is 0.571. The van der Waals surface area contributed by atoms with E-state index in [1.165, 1.54) is 0 Å². The van der Waals surface area contributed by atoms with Gasteiger partial charge in [0.1, 0.15) is 0 Å². The quantitative estimate of drug-likeness (QED) is 0.528. The number of hydrogen-bond acceptors (Lipinski definition) is 6. The summed E-state index contributed by atoms with van der Waals surface area (Å²) in [5.74, 6) is 0.186. The predicted molar refractivity (Wildman–Crippen MR) is 134 cm³/mol. The summed E-state index contributed by atoms with van der Waals surface area (Å²) in [5, 5.41) is 22.7. The van der Waals surface area contributed by atoms with Gasteiger partial charge in [0.15, 0.2) is 0 Å². The molecule has 6 heteroatoms. The van der Waals surface area contributed by atoms with Crippen molar-refractivity contribution in [2.24, 2.45) is 11.8 Å². The molecule has 0 amide bonds. The van der Waals surface area contributed by atoms with Gasteiger partial charge in [0.05, 0.1) is 38.6 Å². The number of rotatable bonds is 11. The number of nitrogens with zero attached hydrogens (tertiary/aromatic N) is 2. The molecule has 4 rings (SSSR count). The molecule has 6 nitrogen and oxygen atoms in total. The first kappa shape index (κ1) is 25.3. The Morgan fingerprint density at radius 3 is 1.29 bits per heavy atom. The first-order chi connectivity index (χ1) is 16.7. The first-order valence-electron chi connectivity index (χ1n) is 12.8. The Morgan fingerprint density at radius 2 is 0.941 bits per heavy atom. The van der Waals surface area contributed by atoms with Crippen LogP contribution in [0.1, 0.15) is 36.2 Å². The van der Waals surface area contributed by atoms with E-state index in [1.807, 2.05) is 60.7 Å². The molecule has 0 spiro atoms. The molecule has 34 heavy (non-hydrogen) atoms. The molecule has 2 aromatic rings. The fourth-order valence-electron chi connectivity index (χ4n) is 5.20. The molecule has 2 saturated heterocycles. The zero-order valence-electron chi connectivity index (χ0n) is 20.2. The Labute approximate surface area is 204 Å². The highest BCUT2D eigenvalue weighted by atomic mass is 16.5. The molecule has 4 atom stereocenters. The second kappa shape index (κ2) is 13.3. The third-order valence-corrected chi connectivity index (χ3v) is 7.28. The van der Waals surface area contributed by atoms with Crippen LogP contribution in [0.5, 0.6) is 0 Å². The molecule has 186 valence electrons. The SMILES string of the molecule is O[C@H](c1ccccc1)[C@H](CC[C@@H](CN1CCOCC1)[C@@H](O)c1ccccc1)CN1CCOCC1. The van der Waals surface area contributed by atoms with Crippen molar-refractivity contribution in [2.75, 3.05) is 65.7 Å². The molecule has 0 unspecified atom stereocenters. The first-order valence-corrected chi connectivity index (χ1v) is 12.8. The number of morpholine rings is 2. The maximum atomic E-state index is 11.4. The van der Waals surface area contributed by atoms with Crippen LogP contribution in [0, 0.1) is 11.8 Å². The van der Waals surface area contributed by atoms with E-state index >= 15 is 0 Å². The van der Waals surface area contributed by atoms with E-state index in [1.54, 1.807) is 0 Å². The highest BCUT2D eigenvalue weighted by Gasteiger charge is 2.29. The van der Waals surface area contributed by atoms with Gasteiger partial charge in [-0.15, -0.1) is 0 Å². The molecule has 2 fully saturated rings. The molecular weight excluding hydrogens is 428 g/mol. The standard InChI is InChI=1S/C28H40N2O4/c31-27(23-7-3-1-4-8-23)25(21-29-13-17-33-18-14-29)11-12-26(22-30-15-19-34-20-16-30)28(32)24-9-5-2-6-10-24/h1-10,25-28,31-32H,11-22H2/t25-,26+,27-,28+. The van der Waals surface area contributed by atoms with Crippen molar-refractivity contribution in [1.82, 2.24) is 9.80 Å². The number of aliphatic hydroxyl groups excluding tert-OH is 2. The Balaban J connectivity index is 1.47. The van der Waals surface area contributed by atoms with Crippen molar-refractivity contribution in [1.29, 1.82) is 0 Å². The van der Waals surface area contributed by atoms with E-state index in [2.05, 4.69) is 9.80 Å². The molecule has 0 radical (unpaired) electrons. The molecule has 2 N–H and O–H groups in total. The molecular formula is C28H40N2O4. The molecule has 0 saturated carbocycles. The summed E-state index contributed by atoms with van der Waals surface area (Å²) in [4.78, 5) is 4.82. The third-order valence-electron chi connectivity index (χ3n) is 7.28. The number of hydrogen-bond donors (Lipinski definition) is 2. The second-order valence-corrected chi connectivity index (χ2v) is 9.63. The number of ether oxygens (including phenoxy) is 2. The average molecular weight is 469 g/mol. The van der Waals surface area contributed by atoms with Crippen molar-refractivity contribution in [3.05, 3.63) is 71.8 Å². The fourth-order valence-corrected chi connectivity index (χ4v) is 5.20. The third kappa shape index (κ3) is 7.35. The molecule has 2 aliphatic rings. The lowest BCUT2D eigenvalue weighted by Crippen LogP contribution is -2.42. The van der Waals surface area contributed by atoms with Gasteiger partial charge in [-0.05, 0) is 24.0 Å². The van der Waals surface area contributed by atoms with Gasteiger partial charge in [0.2, 0.25) is 0 Å². The van der Waals surface area contributed by atoms with Gasteiger partial charge in [-0.2, -0.15) is 0 Å². The summed E-state index contributed by atoms with van der Waals surface area (Å²) in [5.41, 5.74) is 1.93. The molecule has 2 aromatic carbocycles. The summed E-state index contributed by atoms with van der Waals surface area (Å²) in [6, 6.07) is 20.0. The summed E-state index contributed by atoms with van der Waals surface area (Å²) in [6.07, 6.45) is 0.655. The van der Waals surface area contributed by atoms with Gasteiger partial charge in [-0.25, -0.2) is 0 Å². The van der Waals surface area contributed by atoms with Crippen molar-refractivity contribution in [3.8, 4) is 0 Å². The minimum atomic E-state index is -0.526. The van der Waals surface area contributed by atoms with Crippen LogP contribution in [0.4, 0.5) is 0 Å². The highest BCUT2D eigenvalue weighted by molar-refractivity contribution is 5.19. The van der Waals surface area contributed by atoms with E-state index < -0.39 is 12.2 Å². The Kier molecular flexibility index (Phi) is 9.92. The van der Waals surface area contributed by atoms with Gasteiger partial charge in [-0.3, -0.25) is 9.80 Å². The van der Waals surface area contributed by atoms with E-state index in [4.69, 9.17) is 9.47 Å². The van der Waals surface area contributed by atoms with Gasteiger partial charge in [0, 0.05) is 51.1 Å². The van der Waals surface area contributed by atoms with Crippen LogP contribution in [0.25, 0.3) is 0 Å². The van der Waals surface area contributed by atoms with E-state index in [-0.39, 0.29) is 11.8 Å². The van der Waals surface area contributed by atoms with Gasteiger partial charge in [-0.1, -0.05) is 60.7 Å². The smallest absolute Gasteiger partial charge is 0.0830 e.